The molecule has 0 amide bonds. The lowest BCUT2D eigenvalue weighted by atomic mass is 10.2. The maximum absolute atomic E-state index is 11.6. The smallest absolute Gasteiger partial charge is 0.359 e. The lowest BCUT2D eigenvalue weighted by Crippen LogP contribution is -2.24. The van der Waals surface area contributed by atoms with E-state index in [2.05, 4.69) is 15.5 Å². The predicted octanol–water partition coefficient (Wildman–Crippen LogP) is 1.47. The van der Waals surface area contributed by atoms with Gasteiger partial charge in [0, 0.05) is 7.05 Å². The first-order valence-electron chi connectivity index (χ1n) is 4.66. The molecule has 1 rings (SSSR count). The summed E-state index contributed by atoms with van der Waals surface area (Å²) >= 11 is 0. The number of carbonyl (C=O) groups excluding carboxylic acids is 1. The van der Waals surface area contributed by atoms with Gasteiger partial charge in [-0.05, 0) is 26.8 Å². The van der Waals surface area contributed by atoms with Crippen LogP contribution >= 0.6 is 0 Å². The van der Waals surface area contributed by atoms with E-state index in [1.54, 1.807) is 33.9 Å². The number of anilines is 1. The Morgan fingerprint density at radius 2 is 2.13 bits per heavy atom. The highest BCUT2D eigenvalue weighted by Gasteiger charge is 2.19. The summed E-state index contributed by atoms with van der Waals surface area (Å²) in [5.41, 5.74) is 0.414. The van der Waals surface area contributed by atoms with Crippen LogP contribution in [0.15, 0.2) is 12.3 Å². The molecule has 5 nitrogen and oxygen atoms in total. The maximum Gasteiger partial charge on any atom is 0.359 e. The molecule has 0 spiro atoms. The zero-order valence-electron chi connectivity index (χ0n) is 9.37. The minimum atomic E-state index is -0.519. The van der Waals surface area contributed by atoms with E-state index in [0.29, 0.717) is 0 Å². The Bertz CT molecular complexity index is 358. The Balaban J connectivity index is 2.82. The first kappa shape index (κ1) is 11.4. The average molecular weight is 209 g/mol. The Morgan fingerprint density at radius 1 is 1.47 bits per heavy atom. The molecule has 0 bridgehead atoms. The van der Waals surface area contributed by atoms with E-state index in [-0.39, 0.29) is 5.69 Å². The molecular weight excluding hydrogens is 194 g/mol. The number of aromatic nitrogens is 2. The van der Waals surface area contributed by atoms with E-state index >= 15 is 0 Å². The first-order chi connectivity index (χ1) is 6.92. The Hall–Kier alpha value is -1.65. The molecule has 15 heavy (non-hydrogen) atoms. The summed E-state index contributed by atoms with van der Waals surface area (Å²) < 4.78 is 5.15. The minimum Gasteiger partial charge on any atom is -0.455 e. The van der Waals surface area contributed by atoms with Gasteiger partial charge in [-0.1, -0.05) is 0 Å². The van der Waals surface area contributed by atoms with Gasteiger partial charge < -0.3 is 10.1 Å². The van der Waals surface area contributed by atoms with Gasteiger partial charge in [0.2, 0.25) is 0 Å². The fourth-order valence-electron chi connectivity index (χ4n) is 0.934. The average Bonchev–Trinajstić information content (AvgIpc) is 2.15. The van der Waals surface area contributed by atoms with Crippen molar-refractivity contribution in [3.63, 3.8) is 0 Å². The molecule has 0 atom stereocenters. The fraction of sp³-hybridized carbons (Fsp3) is 0.500. The third-order valence-electron chi connectivity index (χ3n) is 1.55. The van der Waals surface area contributed by atoms with Crippen molar-refractivity contribution in [2.45, 2.75) is 26.4 Å². The second-order valence-corrected chi connectivity index (χ2v) is 4.08. The number of hydrogen-bond donors (Lipinski definition) is 1. The van der Waals surface area contributed by atoms with E-state index < -0.39 is 11.6 Å². The van der Waals surface area contributed by atoms with Crippen LogP contribution in [0.5, 0.6) is 0 Å². The lowest BCUT2D eigenvalue weighted by molar-refractivity contribution is 0.00617. The van der Waals surface area contributed by atoms with Crippen molar-refractivity contribution < 1.29 is 9.53 Å². The van der Waals surface area contributed by atoms with Crippen LogP contribution in [0.1, 0.15) is 31.3 Å². The van der Waals surface area contributed by atoms with Crippen molar-refractivity contribution in [1.82, 2.24) is 10.2 Å². The van der Waals surface area contributed by atoms with Gasteiger partial charge in [-0.15, -0.1) is 5.10 Å². The van der Waals surface area contributed by atoms with Crippen molar-refractivity contribution in [3.8, 4) is 0 Å². The normalized spacial score (nSPS) is 10.9. The van der Waals surface area contributed by atoms with Crippen molar-refractivity contribution in [2.75, 3.05) is 12.4 Å². The van der Waals surface area contributed by atoms with Gasteiger partial charge in [0.1, 0.15) is 5.60 Å². The number of rotatable bonds is 2. The van der Waals surface area contributed by atoms with Gasteiger partial charge in [0.05, 0.1) is 11.9 Å². The summed E-state index contributed by atoms with van der Waals surface area (Å²) in [6.45, 7) is 5.42. The molecule has 1 heterocycles. The van der Waals surface area contributed by atoms with E-state index in [0.717, 1.165) is 5.69 Å². The Labute approximate surface area is 88.9 Å². The van der Waals surface area contributed by atoms with Crippen LogP contribution in [-0.2, 0) is 4.74 Å². The van der Waals surface area contributed by atoms with E-state index in [9.17, 15) is 4.79 Å². The van der Waals surface area contributed by atoms with Crippen LogP contribution < -0.4 is 5.32 Å². The molecule has 0 aliphatic rings. The second kappa shape index (κ2) is 4.25. The molecule has 82 valence electrons. The van der Waals surface area contributed by atoms with Crippen LogP contribution in [-0.4, -0.2) is 28.8 Å². The largest absolute Gasteiger partial charge is 0.455 e. The lowest BCUT2D eigenvalue weighted by Gasteiger charge is -2.18. The number of esters is 1. The zero-order chi connectivity index (χ0) is 11.5. The standard InChI is InChI=1S/C10H15N3O2/c1-10(2,3)15-9(14)8-5-7(11-4)6-12-13-8/h5-6H,1-4H3,(H,11,13). The van der Waals surface area contributed by atoms with E-state index in [1.165, 1.54) is 6.20 Å². The molecule has 5 heteroatoms. The quantitative estimate of drug-likeness (QED) is 0.747. The monoisotopic (exact) mass is 209 g/mol. The third kappa shape index (κ3) is 3.53. The molecule has 0 aliphatic carbocycles. The van der Waals surface area contributed by atoms with Crippen molar-refractivity contribution >= 4 is 11.7 Å². The van der Waals surface area contributed by atoms with Gasteiger partial charge in [0.25, 0.3) is 0 Å². The van der Waals surface area contributed by atoms with E-state index in [4.69, 9.17) is 4.74 Å². The SMILES string of the molecule is CNc1cnnc(C(=O)OC(C)(C)C)c1. The van der Waals surface area contributed by atoms with Crippen LogP contribution in [0.3, 0.4) is 0 Å². The van der Waals surface area contributed by atoms with Crippen LogP contribution in [0, 0.1) is 0 Å². The summed E-state index contributed by atoms with van der Waals surface area (Å²) in [4.78, 5) is 11.6. The number of nitrogens with zero attached hydrogens (tertiary/aromatic N) is 2. The van der Waals surface area contributed by atoms with Gasteiger partial charge in [-0.25, -0.2) is 4.79 Å². The van der Waals surface area contributed by atoms with Crippen molar-refractivity contribution in [2.24, 2.45) is 0 Å². The highest BCUT2D eigenvalue weighted by Crippen LogP contribution is 2.12. The molecule has 1 N–H and O–H groups in total. The molecule has 0 saturated heterocycles. The molecule has 0 unspecified atom stereocenters. The summed E-state index contributed by atoms with van der Waals surface area (Å²) in [5.74, 6) is -0.466. The van der Waals surface area contributed by atoms with Gasteiger partial charge in [-0.3, -0.25) is 0 Å². The minimum absolute atomic E-state index is 0.205. The third-order valence-corrected chi connectivity index (χ3v) is 1.55. The Morgan fingerprint density at radius 3 is 2.67 bits per heavy atom. The molecular formula is C10H15N3O2. The highest BCUT2D eigenvalue weighted by molar-refractivity contribution is 5.88. The number of ether oxygens (including phenoxy) is 1. The Kier molecular flexibility index (Phi) is 3.24. The molecule has 0 fully saturated rings. The molecule has 0 saturated carbocycles. The van der Waals surface area contributed by atoms with Gasteiger partial charge in [-0.2, -0.15) is 5.10 Å². The number of nitrogens with one attached hydrogen (secondary N) is 1. The van der Waals surface area contributed by atoms with Crippen LogP contribution in [0.25, 0.3) is 0 Å². The number of carbonyl (C=O) groups is 1. The fourth-order valence-corrected chi connectivity index (χ4v) is 0.934. The van der Waals surface area contributed by atoms with Gasteiger partial charge in [0.15, 0.2) is 5.69 Å². The van der Waals surface area contributed by atoms with Gasteiger partial charge >= 0.3 is 5.97 Å². The molecule has 0 radical (unpaired) electrons. The van der Waals surface area contributed by atoms with E-state index in [1.807, 2.05) is 0 Å². The molecule has 1 aromatic rings. The zero-order valence-corrected chi connectivity index (χ0v) is 9.37. The first-order valence-corrected chi connectivity index (χ1v) is 4.66. The highest BCUT2D eigenvalue weighted by atomic mass is 16.6. The van der Waals surface area contributed by atoms with Crippen molar-refractivity contribution in [3.05, 3.63) is 18.0 Å². The summed E-state index contributed by atoms with van der Waals surface area (Å²) in [6, 6.07) is 1.60. The number of hydrogen-bond acceptors (Lipinski definition) is 5. The molecule has 0 aliphatic heterocycles. The van der Waals surface area contributed by atoms with Crippen LogP contribution in [0.2, 0.25) is 0 Å². The summed E-state index contributed by atoms with van der Waals surface area (Å²) in [6.07, 6.45) is 1.54. The molecule has 0 aromatic carbocycles. The van der Waals surface area contributed by atoms with Crippen LogP contribution in [0.4, 0.5) is 5.69 Å². The topological polar surface area (TPSA) is 64.1 Å². The summed E-state index contributed by atoms with van der Waals surface area (Å²) in [5, 5.41) is 10.3. The van der Waals surface area contributed by atoms with Crippen molar-refractivity contribution in [1.29, 1.82) is 0 Å². The second-order valence-electron chi connectivity index (χ2n) is 4.08. The maximum atomic E-state index is 11.6. The predicted molar refractivity (Wildman–Crippen MR) is 56.7 cm³/mol. The molecule has 1 aromatic heterocycles. The summed E-state index contributed by atoms with van der Waals surface area (Å²) in [7, 11) is 1.75.